The lowest BCUT2D eigenvalue weighted by atomic mass is 9.78. The largest absolute Gasteiger partial charge is 0.385 e. The lowest BCUT2D eigenvalue weighted by Gasteiger charge is -2.36. The maximum Gasteiger partial charge on any atom is 0.303 e. The summed E-state index contributed by atoms with van der Waals surface area (Å²) in [7, 11) is 0. The van der Waals surface area contributed by atoms with E-state index < -0.39 is 5.60 Å². The zero-order valence-corrected chi connectivity index (χ0v) is 23.5. The minimum absolute atomic E-state index is 0.000403. The van der Waals surface area contributed by atoms with Gasteiger partial charge in [-0.3, -0.25) is 0 Å². The van der Waals surface area contributed by atoms with Crippen molar-refractivity contribution < 1.29 is 14.4 Å². The van der Waals surface area contributed by atoms with Crippen LogP contribution in [0.3, 0.4) is 0 Å². The fourth-order valence-corrected chi connectivity index (χ4v) is 6.24. The number of ether oxygens (including phenoxy) is 1. The van der Waals surface area contributed by atoms with Crippen molar-refractivity contribution in [1.29, 1.82) is 0 Å². The van der Waals surface area contributed by atoms with E-state index in [-0.39, 0.29) is 12.1 Å². The van der Waals surface area contributed by atoms with Crippen LogP contribution in [0.1, 0.15) is 81.2 Å². The van der Waals surface area contributed by atoms with Gasteiger partial charge in [0.15, 0.2) is 0 Å². The maximum absolute atomic E-state index is 11.6. The third-order valence-electron chi connectivity index (χ3n) is 8.01. The molecular weight excluding hydrogens is 535 g/mol. The van der Waals surface area contributed by atoms with E-state index in [1.807, 2.05) is 42.8 Å². The maximum atomic E-state index is 11.6. The summed E-state index contributed by atoms with van der Waals surface area (Å²) < 4.78 is 14.0. The van der Waals surface area contributed by atoms with E-state index in [2.05, 4.69) is 15.1 Å². The molecule has 0 spiro atoms. The number of hydrogen-bond donors (Lipinski definition) is 1. The Hall–Kier alpha value is -2.89. The van der Waals surface area contributed by atoms with Crippen LogP contribution in [0.2, 0.25) is 10.0 Å². The molecule has 4 aromatic rings. The molecule has 0 atom stereocenters. The molecule has 2 saturated carbocycles. The molecule has 0 unspecified atom stereocenters. The molecule has 0 radical (unpaired) electrons. The van der Waals surface area contributed by atoms with E-state index in [0.29, 0.717) is 52.5 Å². The van der Waals surface area contributed by atoms with Crippen molar-refractivity contribution in [3.8, 4) is 11.3 Å². The van der Waals surface area contributed by atoms with Gasteiger partial charge in [0, 0.05) is 22.4 Å². The van der Waals surface area contributed by atoms with Crippen molar-refractivity contribution in [3.63, 3.8) is 0 Å². The molecule has 1 N–H and O–H groups in total. The van der Waals surface area contributed by atoms with Crippen LogP contribution in [-0.4, -0.2) is 26.1 Å². The first-order chi connectivity index (χ1) is 18.8. The molecule has 202 valence electrons. The molecule has 2 aliphatic rings. The fourth-order valence-electron chi connectivity index (χ4n) is 5.66. The Morgan fingerprint density at radius 1 is 1.15 bits per heavy atom. The van der Waals surface area contributed by atoms with Crippen molar-refractivity contribution in [2.45, 2.75) is 82.6 Å². The van der Waals surface area contributed by atoms with Gasteiger partial charge in [-0.25, -0.2) is 0 Å². The van der Waals surface area contributed by atoms with E-state index >= 15 is 0 Å². The monoisotopic (exact) mass is 564 g/mol. The molecule has 0 amide bonds. The topological polar surface area (TPSA) is 77.7 Å². The zero-order chi connectivity index (χ0) is 27.3. The summed E-state index contributed by atoms with van der Waals surface area (Å²) in [6, 6.07) is 11.4. The number of hydrogen-bond acceptors (Lipinski definition) is 5. The zero-order valence-electron chi connectivity index (χ0n) is 22.0. The van der Waals surface area contributed by atoms with Gasteiger partial charge in [-0.15, -0.1) is 0 Å². The molecule has 2 heterocycles. The molecule has 2 aromatic carbocycles. The van der Waals surface area contributed by atoms with Gasteiger partial charge in [0.25, 0.3) is 0 Å². The number of fused-ring (bicyclic) bond motifs is 1. The molecule has 9 heteroatoms. The third-order valence-corrected chi connectivity index (χ3v) is 8.64. The molecule has 0 aliphatic heterocycles. The molecule has 39 heavy (non-hydrogen) atoms. The lowest BCUT2D eigenvalue weighted by Crippen LogP contribution is -2.34. The highest BCUT2D eigenvalue weighted by Gasteiger charge is 2.37. The molecule has 2 aliphatic carbocycles. The van der Waals surface area contributed by atoms with Gasteiger partial charge in [-0.1, -0.05) is 53.1 Å². The van der Waals surface area contributed by atoms with Crippen LogP contribution in [0.25, 0.3) is 27.0 Å². The second-order valence-electron chi connectivity index (χ2n) is 11.0. The highest BCUT2D eigenvalue weighted by atomic mass is 35.5. The van der Waals surface area contributed by atoms with Crippen LogP contribution in [-0.2, 0) is 16.9 Å². The number of aromatic nitrogens is 3. The van der Waals surface area contributed by atoms with Gasteiger partial charge in [0.05, 0.1) is 39.9 Å². The Kier molecular flexibility index (Phi) is 6.93. The van der Waals surface area contributed by atoms with Gasteiger partial charge >= 0.3 is 5.82 Å². The smallest absolute Gasteiger partial charge is 0.303 e. The van der Waals surface area contributed by atoms with Crippen LogP contribution in [0.15, 0.2) is 40.9 Å². The second kappa shape index (κ2) is 10.3. The Morgan fingerprint density at radius 2 is 1.87 bits per heavy atom. The number of benzene rings is 2. The van der Waals surface area contributed by atoms with Gasteiger partial charge in [-0.05, 0) is 81.2 Å². The lowest BCUT2D eigenvalue weighted by molar-refractivity contribution is -0.0640. The van der Waals surface area contributed by atoms with Gasteiger partial charge in [-0.2, -0.15) is 4.68 Å². The Labute approximate surface area is 237 Å². The number of nitrogens with zero attached hydrogens (tertiary/aromatic N) is 4. The predicted octanol–water partition coefficient (Wildman–Crippen LogP) is 8.35. The summed E-state index contributed by atoms with van der Waals surface area (Å²) in [5.74, 6) is 1.62. The second-order valence-corrected chi connectivity index (χ2v) is 11.8. The fraction of sp³-hybridized carbons (Fsp3) is 0.433. The summed E-state index contributed by atoms with van der Waals surface area (Å²) in [4.78, 5) is 3.58. The SMILES string of the molecule is [C-]#[N+]c1nn(C(C)C)c2cc(C3(O)CCC(OCc4c(-c5c(Cl)cccc5Cl)noc4C4CC4)CC3)ccc12. The standard InChI is InChI=1S/C30H30Cl2N4O3/c1-17(2)36-25-15-19(9-10-21(25)29(33-3)34-36)30(37)13-11-20(12-14-30)38-16-22-27(35-39-28(22)18-7-8-18)26-23(31)5-4-6-24(26)32/h4-6,9-10,15,17-18,20,37H,7-8,11-14,16H2,1-2H3. The predicted molar refractivity (Wildman–Crippen MR) is 151 cm³/mol. The van der Waals surface area contributed by atoms with Crippen LogP contribution in [0, 0.1) is 6.57 Å². The summed E-state index contributed by atoms with van der Waals surface area (Å²) in [5, 5.41) is 22.4. The molecule has 2 aromatic heterocycles. The van der Waals surface area contributed by atoms with E-state index in [1.165, 1.54) is 0 Å². The van der Waals surface area contributed by atoms with Gasteiger partial charge in [0.2, 0.25) is 0 Å². The molecule has 7 nitrogen and oxygen atoms in total. The van der Waals surface area contributed by atoms with Crippen LogP contribution >= 0.6 is 23.2 Å². The summed E-state index contributed by atoms with van der Waals surface area (Å²) in [6.07, 6.45) is 4.75. The molecule has 0 saturated heterocycles. The summed E-state index contributed by atoms with van der Waals surface area (Å²) in [6.45, 7) is 11.9. The Morgan fingerprint density at radius 3 is 2.51 bits per heavy atom. The summed E-state index contributed by atoms with van der Waals surface area (Å²) >= 11 is 13.0. The number of rotatable bonds is 7. The summed E-state index contributed by atoms with van der Waals surface area (Å²) in [5.41, 5.74) is 3.02. The molecule has 0 bridgehead atoms. The third kappa shape index (κ3) is 4.85. The van der Waals surface area contributed by atoms with E-state index in [4.69, 9.17) is 39.0 Å². The van der Waals surface area contributed by atoms with Crippen LogP contribution in [0.4, 0.5) is 5.82 Å². The first-order valence-corrected chi connectivity index (χ1v) is 14.2. The first kappa shape index (κ1) is 26.3. The van der Waals surface area contributed by atoms with E-state index in [0.717, 1.165) is 53.5 Å². The van der Waals surface area contributed by atoms with Crippen LogP contribution in [0.5, 0.6) is 0 Å². The Balaban J connectivity index is 1.19. The van der Waals surface area contributed by atoms with Gasteiger partial charge in [0.1, 0.15) is 11.5 Å². The Bertz CT molecular complexity index is 1550. The normalized spacial score (nSPS) is 21.5. The first-order valence-electron chi connectivity index (χ1n) is 13.5. The van der Waals surface area contributed by atoms with E-state index in [1.54, 1.807) is 12.1 Å². The van der Waals surface area contributed by atoms with Crippen molar-refractivity contribution >= 4 is 39.9 Å². The minimum Gasteiger partial charge on any atom is -0.385 e. The van der Waals surface area contributed by atoms with Crippen molar-refractivity contribution in [3.05, 3.63) is 74.7 Å². The minimum atomic E-state index is -0.953. The van der Waals surface area contributed by atoms with Crippen molar-refractivity contribution in [2.75, 3.05) is 0 Å². The van der Waals surface area contributed by atoms with Crippen LogP contribution < -0.4 is 0 Å². The van der Waals surface area contributed by atoms with E-state index in [9.17, 15) is 5.11 Å². The average Bonchev–Trinajstić information content (AvgIpc) is 3.57. The van der Waals surface area contributed by atoms with Crippen molar-refractivity contribution in [2.24, 2.45) is 0 Å². The molecular formula is C30H30Cl2N4O3. The van der Waals surface area contributed by atoms with Crippen molar-refractivity contribution in [1.82, 2.24) is 14.9 Å². The highest BCUT2D eigenvalue weighted by Crippen LogP contribution is 2.47. The quantitative estimate of drug-likeness (QED) is 0.228. The average molecular weight is 566 g/mol. The molecule has 6 rings (SSSR count). The number of halogens is 2. The highest BCUT2D eigenvalue weighted by molar-refractivity contribution is 6.39. The molecule has 2 fully saturated rings. The number of aliphatic hydroxyl groups is 1. The van der Waals surface area contributed by atoms with Gasteiger partial charge < -0.3 is 19.2 Å².